The number of carbonyl (C=O) groups is 3. The first kappa shape index (κ1) is 16.1. The fourth-order valence-electron chi connectivity index (χ4n) is 2.04. The maximum Gasteiger partial charge on any atom is 0.243 e. The van der Waals surface area contributed by atoms with Crippen LogP contribution in [0.1, 0.15) is 25.5 Å². The monoisotopic (exact) mass is 293 g/mol. The average Bonchev–Trinajstić information content (AvgIpc) is 2.37. The number of nitrogens with one attached hydrogen (secondary N) is 1. The summed E-state index contributed by atoms with van der Waals surface area (Å²) in [5.41, 5.74) is 0.528. The Morgan fingerprint density at radius 1 is 1.20 bits per heavy atom. The zero-order valence-electron chi connectivity index (χ0n) is 11.4. The summed E-state index contributed by atoms with van der Waals surface area (Å²) in [4.78, 5) is 35.0. The molecule has 0 aliphatic rings. The molecule has 0 aliphatic heterocycles. The molecule has 0 radical (unpaired) electrons. The molecule has 4 nitrogen and oxygen atoms in total. The van der Waals surface area contributed by atoms with Gasteiger partial charge in [-0.15, -0.1) is 0 Å². The Balaban J connectivity index is 3.30. The number of Topliss-reactive ketones (excluding diaryl/α,β-unsaturated/α-hetero) is 2. The third-order valence-electron chi connectivity index (χ3n) is 2.93. The highest BCUT2D eigenvalue weighted by Gasteiger charge is 2.32. The lowest BCUT2D eigenvalue weighted by molar-refractivity contribution is -0.132. The lowest BCUT2D eigenvalue weighted by Crippen LogP contribution is -2.38. The predicted octanol–water partition coefficient (Wildman–Crippen LogP) is 2.48. The summed E-state index contributed by atoms with van der Waals surface area (Å²) in [6, 6.07) is 5.97. The van der Waals surface area contributed by atoms with Gasteiger partial charge in [-0.1, -0.05) is 36.4 Å². The standard InChI is InChI=1S/C15H16ClNO3/c1-4-13(20)17-15(14(9(2)18)10(3)19)11-7-5-6-8-12(11)16/h4-8,14-15H,1H2,2-3H3,(H,17,20)/t15-/m1/s1. The van der Waals surface area contributed by atoms with Gasteiger partial charge in [-0.25, -0.2) is 0 Å². The molecule has 0 saturated carbocycles. The minimum Gasteiger partial charge on any atom is -0.345 e. The van der Waals surface area contributed by atoms with E-state index in [4.69, 9.17) is 11.6 Å². The van der Waals surface area contributed by atoms with Gasteiger partial charge >= 0.3 is 0 Å². The van der Waals surface area contributed by atoms with Crippen LogP contribution in [0.4, 0.5) is 0 Å². The van der Waals surface area contributed by atoms with Crippen LogP contribution in [0.5, 0.6) is 0 Å². The predicted molar refractivity (Wildman–Crippen MR) is 77.4 cm³/mol. The molecule has 1 amide bonds. The third kappa shape index (κ3) is 3.78. The van der Waals surface area contributed by atoms with Gasteiger partial charge in [0.15, 0.2) is 0 Å². The molecule has 5 heteroatoms. The van der Waals surface area contributed by atoms with Crippen molar-refractivity contribution < 1.29 is 14.4 Å². The summed E-state index contributed by atoms with van der Waals surface area (Å²) < 4.78 is 0. The molecular weight excluding hydrogens is 278 g/mol. The molecule has 0 unspecified atom stereocenters. The molecule has 1 aromatic rings. The molecule has 0 bridgehead atoms. The molecule has 1 rings (SSSR count). The fourth-order valence-corrected chi connectivity index (χ4v) is 2.29. The van der Waals surface area contributed by atoms with Crippen molar-refractivity contribution >= 4 is 29.1 Å². The normalized spacial score (nSPS) is 11.8. The van der Waals surface area contributed by atoms with Crippen LogP contribution in [-0.4, -0.2) is 17.5 Å². The number of halogens is 1. The van der Waals surface area contributed by atoms with E-state index in [9.17, 15) is 14.4 Å². The molecule has 0 aromatic heterocycles. The topological polar surface area (TPSA) is 63.2 Å². The highest BCUT2D eigenvalue weighted by Crippen LogP contribution is 2.29. The quantitative estimate of drug-likeness (QED) is 0.647. The van der Waals surface area contributed by atoms with Crippen LogP contribution in [0.15, 0.2) is 36.9 Å². The molecular formula is C15H16ClNO3. The van der Waals surface area contributed by atoms with Gasteiger partial charge in [-0.2, -0.15) is 0 Å². The molecule has 0 fully saturated rings. The van der Waals surface area contributed by atoms with Gasteiger partial charge in [-0.05, 0) is 31.6 Å². The summed E-state index contributed by atoms with van der Waals surface area (Å²) in [7, 11) is 0. The summed E-state index contributed by atoms with van der Waals surface area (Å²) in [5.74, 6) is -2.10. The van der Waals surface area contributed by atoms with Crippen molar-refractivity contribution in [1.82, 2.24) is 5.32 Å². The Bertz CT molecular complexity index is 540. The van der Waals surface area contributed by atoms with E-state index in [0.29, 0.717) is 10.6 Å². The van der Waals surface area contributed by atoms with Crippen LogP contribution in [0.25, 0.3) is 0 Å². The van der Waals surface area contributed by atoms with Gasteiger partial charge in [0.2, 0.25) is 5.91 Å². The lowest BCUT2D eigenvalue weighted by atomic mass is 9.87. The Labute approximate surface area is 122 Å². The summed E-state index contributed by atoms with van der Waals surface area (Å²) >= 11 is 6.10. The highest BCUT2D eigenvalue weighted by molar-refractivity contribution is 6.31. The molecule has 0 heterocycles. The third-order valence-corrected chi connectivity index (χ3v) is 3.28. The Kier molecular flexibility index (Phi) is 5.65. The van der Waals surface area contributed by atoms with Crippen molar-refractivity contribution in [2.45, 2.75) is 19.9 Å². The van der Waals surface area contributed by atoms with E-state index in [1.165, 1.54) is 13.8 Å². The summed E-state index contributed by atoms with van der Waals surface area (Å²) in [6.07, 6.45) is 1.08. The minimum atomic E-state index is -0.973. The first-order valence-electron chi connectivity index (χ1n) is 6.06. The van der Waals surface area contributed by atoms with E-state index >= 15 is 0 Å². The number of benzene rings is 1. The van der Waals surface area contributed by atoms with Crippen LogP contribution in [0.3, 0.4) is 0 Å². The highest BCUT2D eigenvalue weighted by atomic mass is 35.5. The number of hydrogen-bond donors (Lipinski definition) is 1. The first-order valence-corrected chi connectivity index (χ1v) is 6.44. The smallest absolute Gasteiger partial charge is 0.243 e. The van der Waals surface area contributed by atoms with Gasteiger partial charge in [0.25, 0.3) is 0 Å². The zero-order chi connectivity index (χ0) is 15.3. The number of ketones is 2. The second kappa shape index (κ2) is 7.01. The number of hydrogen-bond acceptors (Lipinski definition) is 3. The van der Waals surface area contributed by atoms with Crippen LogP contribution < -0.4 is 5.32 Å². The average molecular weight is 294 g/mol. The largest absolute Gasteiger partial charge is 0.345 e. The van der Waals surface area contributed by atoms with Gasteiger partial charge in [-0.3, -0.25) is 14.4 Å². The molecule has 0 aliphatic carbocycles. The molecule has 1 atom stereocenters. The van der Waals surface area contributed by atoms with Gasteiger partial charge in [0.05, 0.1) is 6.04 Å². The van der Waals surface area contributed by atoms with Crippen LogP contribution in [0.2, 0.25) is 5.02 Å². The van der Waals surface area contributed by atoms with E-state index < -0.39 is 17.9 Å². The second-order valence-electron chi connectivity index (χ2n) is 4.41. The van der Waals surface area contributed by atoms with E-state index in [1.54, 1.807) is 24.3 Å². The minimum absolute atomic E-state index is 0.327. The summed E-state index contributed by atoms with van der Waals surface area (Å²) in [5, 5.41) is 2.99. The second-order valence-corrected chi connectivity index (χ2v) is 4.82. The van der Waals surface area contributed by atoms with Crippen molar-refractivity contribution in [3.8, 4) is 0 Å². The molecule has 0 saturated heterocycles. The Morgan fingerprint density at radius 3 is 2.20 bits per heavy atom. The SMILES string of the molecule is C=CC(=O)N[C@H](c1ccccc1Cl)C(C(C)=O)C(C)=O. The zero-order valence-corrected chi connectivity index (χ0v) is 12.1. The number of amides is 1. The van der Waals surface area contributed by atoms with E-state index in [2.05, 4.69) is 11.9 Å². The first-order chi connectivity index (χ1) is 9.38. The van der Waals surface area contributed by atoms with Crippen molar-refractivity contribution in [2.75, 3.05) is 0 Å². The van der Waals surface area contributed by atoms with Crippen molar-refractivity contribution in [3.05, 3.63) is 47.5 Å². The van der Waals surface area contributed by atoms with Crippen molar-refractivity contribution in [2.24, 2.45) is 5.92 Å². The van der Waals surface area contributed by atoms with Crippen LogP contribution >= 0.6 is 11.6 Å². The van der Waals surface area contributed by atoms with Gasteiger partial charge < -0.3 is 5.32 Å². The number of carbonyl (C=O) groups excluding carboxylic acids is 3. The molecule has 1 N–H and O–H groups in total. The maximum atomic E-state index is 11.7. The Morgan fingerprint density at radius 2 is 1.75 bits per heavy atom. The summed E-state index contributed by atoms with van der Waals surface area (Å²) in [6.45, 7) is 5.99. The van der Waals surface area contributed by atoms with Crippen LogP contribution in [0, 0.1) is 5.92 Å². The molecule has 20 heavy (non-hydrogen) atoms. The van der Waals surface area contributed by atoms with Crippen molar-refractivity contribution in [3.63, 3.8) is 0 Å². The fraction of sp³-hybridized carbons (Fsp3) is 0.267. The van der Waals surface area contributed by atoms with Crippen molar-refractivity contribution in [1.29, 1.82) is 0 Å². The number of rotatable bonds is 6. The van der Waals surface area contributed by atoms with E-state index in [1.807, 2.05) is 0 Å². The molecule has 0 spiro atoms. The Hall–Kier alpha value is -1.94. The van der Waals surface area contributed by atoms with Crippen LogP contribution in [-0.2, 0) is 14.4 Å². The van der Waals surface area contributed by atoms with E-state index in [-0.39, 0.29) is 11.6 Å². The lowest BCUT2D eigenvalue weighted by Gasteiger charge is -2.25. The van der Waals surface area contributed by atoms with Gasteiger partial charge in [0.1, 0.15) is 17.5 Å². The molecule has 1 aromatic carbocycles. The molecule has 106 valence electrons. The maximum absolute atomic E-state index is 11.7. The van der Waals surface area contributed by atoms with Gasteiger partial charge in [0, 0.05) is 5.02 Å². The van der Waals surface area contributed by atoms with E-state index in [0.717, 1.165) is 6.08 Å².